The smallest absolute Gasteiger partial charge is 0.274 e. The van der Waals surface area contributed by atoms with Gasteiger partial charge >= 0.3 is 0 Å². The number of nitrogens with one attached hydrogen (secondary N) is 1. The van der Waals surface area contributed by atoms with Crippen LogP contribution in [-0.4, -0.2) is 32.5 Å². The van der Waals surface area contributed by atoms with E-state index in [0.717, 1.165) is 36.5 Å². The maximum Gasteiger partial charge on any atom is 0.274 e. The molecule has 1 fully saturated rings. The van der Waals surface area contributed by atoms with E-state index in [1.807, 2.05) is 22.5 Å². The molecule has 3 rings (SSSR count). The molecular weight excluding hydrogens is 284 g/mol. The summed E-state index contributed by atoms with van der Waals surface area (Å²) in [6.07, 6.45) is 4.99. The Bertz CT molecular complexity index is 605. The fourth-order valence-corrected chi connectivity index (χ4v) is 3.50. The third kappa shape index (κ3) is 2.85. The monoisotopic (exact) mass is 304 g/mol. The highest BCUT2D eigenvalue weighted by atomic mass is 32.1. The molecule has 0 radical (unpaired) electrons. The maximum absolute atomic E-state index is 12.8. The molecule has 0 aliphatic carbocycles. The number of nitrogens with zero attached hydrogens (tertiary/aromatic N) is 3. The number of hydrogen-bond acceptors (Lipinski definition) is 4. The summed E-state index contributed by atoms with van der Waals surface area (Å²) in [4.78, 5) is 19.1. The van der Waals surface area contributed by atoms with Gasteiger partial charge in [0, 0.05) is 23.8 Å². The van der Waals surface area contributed by atoms with Crippen LogP contribution >= 0.6 is 11.3 Å². The second-order valence-electron chi connectivity index (χ2n) is 5.74. The molecule has 0 bridgehead atoms. The number of amides is 1. The zero-order valence-electron chi connectivity index (χ0n) is 12.4. The number of aromatic nitrogens is 3. The molecule has 2 aromatic rings. The van der Waals surface area contributed by atoms with Gasteiger partial charge in [-0.1, -0.05) is 13.8 Å². The topological polar surface area (TPSA) is 61.9 Å². The lowest BCUT2D eigenvalue weighted by Crippen LogP contribution is -2.38. The minimum Gasteiger partial charge on any atom is -0.328 e. The van der Waals surface area contributed by atoms with Gasteiger partial charge < -0.3 is 4.90 Å². The van der Waals surface area contributed by atoms with Crippen molar-refractivity contribution in [2.24, 2.45) is 0 Å². The quantitative estimate of drug-likeness (QED) is 0.945. The fourth-order valence-electron chi connectivity index (χ4n) is 2.72. The fraction of sp³-hybridized carbons (Fsp3) is 0.533. The van der Waals surface area contributed by atoms with Gasteiger partial charge in [-0.25, -0.2) is 4.98 Å². The van der Waals surface area contributed by atoms with E-state index in [-0.39, 0.29) is 11.9 Å². The van der Waals surface area contributed by atoms with Gasteiger partial charge in [-0.3, -0.25) is 9.89 Å². The molecule has 0 spiro atoms. The van der Waals surface area contributed by atoms with Crippen LogP contribution in [0, 0.1) is 0 Å². The summed E-state index contributed by atoms with van der Waals surface area (Å²) in [7, 11) is 0. The van der Waals surface area contributed by atoms with Crippen molar-refractivity contribution in [3.8, 4) is 0 Å². The van der Waals surface area contributed by atoms with Crippen molar-refractivity contribution in [3.63, 3.8) is 0 Å². The molecule has 1 aliphatic rings. The molecule has 5 nitrogen and oxygen atoms in total. The number of thiazole rings is 1. The lowest BCUT2D eigenvalue weighted by atomic mass is 10.0. The van der Waals surface area contributed by atoms with Crippen LogP contribution in [0.25, 0.3) is 0 Å². The third-order valence-electron chi connectivity index (χ3n) is 3.94. The minimum atomic E-state index is 0.0121. The average molecular weight is 304 g/mol. The second kappa shape index (κ2) is 5.97. The van der Waals surface area contributed by atoms with Crippen LogP contribution in [0.4, 0.5) is 0 Å². The summed E-state index contributed by atoms with van der Waals surface area (Å²) in [6.45, 7) is 4.95. The Hall–Kier alpha value is -1.69. The first kappa shape index (κ1) is 14.3. The number of piperidine rings is 1. The van der Waals surface area contributed by atoms with Crippen molar-refractivity contribution in [3.05, 3.63) is 34.0 Å². The van der Waals surface area contributed by atoms with E-state index in [1.165, 1.54) is 0 Å². The predicted octanol–water partition coefficient (Wildman–Crippen LogP) is 3.36. The van der Waals surface area contributed by atoms with Crippen molar-refractivity contribution in [1.29, 1.82) is 0 Å². The SMILES string of the molecule is CC(C)c1cc(C(=O)N2CCCC[C@H]2c2nccs2)n[nH]1. The Morgan fingerprint density at radius 2 is 2.33 bits per heavy atom. The summed E-state index contributed by atoms with van der Waals surface area (Å²) in [5.41, 5.74) is 1.52. The van der Waals surface area contributed by atoms with Gasteiger partial charge in [0.2, 0.25) is 0 Å². The molecule has 0 unspecified atom stereocenters. The largest absolute Gasteiger partial charge is 0.328 e. The lowest BCUT2D eigenvalue weighted by Gasteiger charge is -2.34. The number of carbonyl (C=O) groups excluding carboxylic acids is 1. The van der Waals surface area contributed by atoms with E-state index in [1.54, 1.807) is 11.3 Å². The number of carbonyl (C=O) groups is 1. The van der Waals surface area contributed by atoms with Crippen molar-refractivity contribution >= 4 is 17.2 Å². The first-order chi connectivity index (χ1) is 10.2. The standard InChI is InChI=1S/C15H20N4OS/c1-10(2)11-9-12(18-17-11)15(20)19-7-4-3-5-13(19)14-16-6-8-21-14/h6,8-10,13H,3-5,7H2,1-2H3,(H,17,18)/t13-/m0/s1. The molecule has 3 heterocycles. The van der Waals surface area contributed by atoms with E-state index >= 15 is 0 Å². The highest BCUT2D eigenvalue weighted by molar-refractivity contribution is 7.09. The van der Waals surface area contributed by atoms with Gasteiger partial charge in [-0.15, -0.1) is 11.3 Å². The van der Waals surface area contributed by atoms with Gasteiger partial charge in [0.05, 0.1) is 6.04 Å². The Morgan fingerprint density at radius 3 is 3.00 bits per heavy atom. The van der Waals surface area contributed by atoms with E-state index in [0.29, 0.717) is 11.6 Å². The summed E-state index contributed by atoms with van der Waals surface area (Å²) in [5, 5.41) is 10.2. The summed E-state index contributed by atoms with van der Waals surface area (Å²) < 4.78 is 0. The normalized spacial score (nSPS) is 19.2. The zero-order chi connectivity index (χ0) is 14.8. The Labute approximate surface area is 128 Å². The molecule has 1 aliphatic heterocycles. The molecule has 21 heavy (non-hydrogen) atoms. The van der Waals surface area contributed by atoms with Crippen LogP contribution in [0.1, 0.15) is 66.3 Å². The Morgan fingerprint density at radius 1 is 1.48 bits per heavy atom. The molecular formula is C15H20N4OS. The number of H-pyrrole nitrogens is 1. The van der Waals surface area contributed by atoms with Crippen LogP contribution in [0.2, 0.25) is 0 Å². The van der Waals surface area contributed by atoms with Crippen LogP contribution in [0.3, 0.4) is 0 Å². The third-order valence-corrected chi connectivity index (χ3v) is 4.82. The van der Waals surface area contributed by atoms with Gasteiger partial charge in [0.15, 0.2) is 0 Å². The summed E-state index contributed by atoms with van der Waals surface area (Å²) >= 11 is 1.62. The van der Waals surface area contributed by atoms with Gasteiger partial charge in [0.25, 0.3) is 5.91 Å². The molecule has 1 N–H and O–H groups in total. The molecule has 1 atom stereocenters. The maximum atomic E-state index is 12.8. The first-order valence-corrected chi connectivity index (χ1v) is 8.30. The number of likely N-dealkylation sites (tertiary alicyclic amines) is 1. The van der Waals surface area contributed by atoms with Crippen molar-refractivity contribution in [2.75, 3.05) is 6.54 Å². The zero-order valence-corrected chi connectivity index (χ0v) is 13.2. The molecule has 112 valence electrons. The minimum absolute atomic E-state index is 0.0121. The van der Waals surface area contributed by atoms with E-state index in [2.05, 4.69) is 29.0 Å². The first-order valence-electron chi connectivity index (χ1n) is 7.42. The molecule has 1 amide bonds. The molecule has 1 saturated heterocycles. The van der Waals surface area contributed by atoms with Crippen molar-refractivity contribution in [2.45, 2.75) is 45.1 Å². The summed E-state index contributed by atoms with van der Waals surface area (Å²) in [5.74, 6) is 0.355. The van der Waals surface area contributed by atoms with Crippen LogP contribution in [0.5, 0.6) is 0 Å². The van der Waals surface area contributed by atoms with E-state index in [9.17, 15) is 4.79 Å². The number of hydrogen-bond donors (Lipinski definition) is 1. The van der Waals surface area contributed by atoms with Crippen molar-refractivity contribution < 1.29 is 4.79 Å². The van der Waals surface area contributed by atoms with Crippen molar-refractivity contribution in [1.82, 2.24) is 20.1 Å². The molecule has 2 aromatic heterocycles. The highest BCUT2D eigenvalue weighted by Crippen LogP contribution is 2.33. The van der Waals surface area contributed by atoms with Crippen LogP contribution < -0.4 is 0 Å². The van der Waals surface area contributed by atoms with Gasteiger partial charge in [-0.05, 0) is 31.2 Å². The molecule has 6 heteroatoms. The predicted molar refractivity (Wildman–Crippen MR) is 82.4 cm³/mol. The van der Waals surface area contributed by atoms with E-state index in [4.69, 9.17) is 0 Å². The second-order valence-corrected chi connectivity index (χ2v) is 6.67. The summed E-state index contributed by atoms with van der Waals surface area (Å²) in [6, 6.07) is 1.98. The van der Waals surface area contributed by atoms with E-state index < -0.39 is 0 Å². The Balaban J connectivity index is 1.83. The molecule has 0 aromatic carbocycles. The van der Waals surface area contributed by atoms with Gasteiger partial charge in [-0.2, -0.15) is 5.10 Å². The number of rotatable bonds is 3. The van der Waals surface area contributed by atoms with Gasteiger partial charge in [0.1, 0.15) is 10.7 Å². The Kier molecular flexibility index (Phi) is 4.05. The van der Waals surface area contributed by atoms with Crippen LogP contribution in [-0.2, 0) is 0 Å². The number of aromatic amines is 1. The average Bonchev–Trinajstić information content (AvgIpc) is 3.18. The highest BCUT2D eigenvalue weighted by Gasteiger charge is 2.31. The lowest BCUT2D eigenvalue weighted by molar-refractivity contribution is 0.0605. The van der Waals surface area contributed by atoms with Crippen LogP contribution in [0.15, 0.2) is 17.6 Å². The molecule has 0 saturated carbocycles.